The molecule has 0 bridgehead atoms. The smallest absolute Gasteiger partial charge is 0.202 e. The van der Waals surface area contributed by atoms with E-state index in [-0.39, 0.29) is 0 Å². The van der Waals surface area contributed by atoms with Gasteiger partial charge >= 0.3 is 0 Å². The van der Waals surface area contributed by atoms with E-state index < -0.39 is 0 Å². The number of nitrogens with zero attached hydrogens (tertiary/aromatic N) is 2. The Morgan fingerprint density at radius 2 is 2.11 bits per heavy atom. The molecule has 0 saturated heterocycles. The van der Waals surface area contributed by atoms with E-state index in [1.807, 2.05) is 25.1 Å². The second-order valence-electron chi connectivity index (χ2n) is 4.61. The van der Waals surface area contributed by atoms with Crippen molar-refractivity contribution in [3.05, 3.63) is 35.7 Å². The maximum absolute atomic E-state index is 5.82. The molecule has 0 aliphatic rings. The standard InChI is InChI=1S/C14H19N3OS/c1-10(2)12-6-4-5-7-13(12)18-9-8-15-14-16-11(3)17-19-14/h4-7,10H,8-9H2,1-3H3,(H,15,16,17). The number of aromatic nitrogens is 2. The molecule has 2 aromatic rings. The molecular weight excluding hydrogens is 258 g/mol. The number of hydrogen-bond acceptors (Lipinski definition) is 5. The van der Waals surface area contributed by atoms with Crippen LogP contribution in [0.2, 0.25) is 0 Å². The van der Waals surface area contributed by atoms with Crippen LogP contribution in [0.5, 0.6) is 5.75 Å². The molecule has 5 heteroatoms. The second kappa shape index (κ2) is 6.52. The maximum atomic E-state index is 5.82. The van der Waals surface area contributed by atoms with E-state index in [2.05, 4.69) is 34.6 Å². The zero-order valence-corrected chi connectivity index (χ0v) is 12.3. The van der Waals surface area contributed by atoms with Crippen LogP contribution in [0.3, 0.4) is 0 Å². The minimum Gasteiger partial charge on any atom is -0.491 e. The van der Waals surface area contributed by atoms with Gasteiger partial charge in [-0.2, -0.15) is 4.37 Å². The SMILES string of the molecule is Cc1nsc(NCCOc2ccccc2C(C)C)n1. The van der Waals surface area contributed by atoms with E-state index in [4.69, 9.17) is 4.74 Å². The molecule has 0 unspecified atom stereocenters. The van der Waals surface area contributed by atoms with E-state index in [0.29, 0.717) is 12.5 Å². The summed E-state index contributed by atoms with van der Waals surface area (Å²) in [5, 5.41) is 4.05. The summed E-state index contributed by atoms with van der Waals surface area (Å²) in [5.74, 6) is 2.24. The van der Waals surface area contributed by atoms with Gasteiger partial charge in [0.2, 0.25) is 5.13 Å². The first-order valence-electron chi connectivity index (χ1n) is 6.42. The molecular formula is C14H19N3OS. The first kappa shape index (κ1) is 13.8. The number of para-hydroxylation sites is 1. The van der Waals surface area contributed by atoms with Gasteiger partial charge in [0.25, 0.3) is 0 Å². The highest BCUT2D eigenvalue weighted by Gasteiger charge is 2.06. The Morgan fingerprint density at radius 3 is 2.79 bits per heavy atom. The van der Waals surface area contributed by atoms with Gasteiger partial charge in [0.1, 0.15) is 18.2 Å². The van der Waals surface area contributed by atoms with Gasteiger partial charge in [0, 0.05) is 11.5 Å². The number of anilines is 1. The van der Waals surface area contributed by atoms with Gasteiger partial charge in [-0.05, 0) is 24.5 Å². The Balaban J connectivity index is 1.82. The third-order valence-electron chi connectivity index (χ3n) is 2.70. The van der Waals surface area contributed by atoms with Crippen LogP contribution in [0.4, 0.5) is 5.13 Å². The van der Waals surface area contributed by atoms with Crippen LogP contribution < -0.4 is 10.1 Å². The Kier molecular flexibility index (Phi) is 4.74. The summed E-state index contributed by atoms with van der Waals surface area (Å²) in [4.78, 5) is 4.24. The predicted octanol–water partition coefficient (Wildman–Crippen LogP) is 3.46. The van der Waals surface area contributed by atoms with Gasteiger partial charge < -0.3 is 10.1 Å². The predicted molar refractivity (Wildman–Crippen MR) is 79.2 cm³/mol. The molecule has 0 aliphatic heterocycles. The minimum absolute atomic E-state index is 0.468. The fourth-order valence-electron chi connectivity index (χ4n) is 1.78. The fraction of sp³-hybridized carbons (Fsp3) is 0.429. The van der Waals surface area contributed by atoms with Crippen molar-refractivity contribution in [2.24, 2.45) is 0 Å². The fourth-order valence-corrected chi connectivity index (χ4v) is 2.38. The highest BCUT2D eigenvalue weighted by Crippen LogP contribution is 2.25. The number of aryl methyl sites for hydroxylation is 1. The van der Waals surface area contributed by atoms with Gasteiger partial charge in [-0.25, -0.2) is 4.98 Å². The molecule has 4 nitrogen and oxygen atoms in total. The largest absolute Gasteiger partial charge is 0.491 e. The van der Waals surface area contributed by atoms with E-state index in [0.717, 1.165) is 23.3 Å². The van der Waals surface area contributed by atoms with Gasteiger partial charge in [0.05, 0.1) is 6.54 Å². The molecule has 0 atom stereocenters. The monoisotopic (exact) mass is 277 g/mol. The molecule has 102 valence electrons. The lowest BCUT2D eigenvalue weighted by molar-refractivity contribution is 0.328. The lowest BCUT2D eigenvalue weighted by Gasteiger charge is -2.13. The van der Waals surface area contributed by atoms with Crippen molar-refractivity contribution in [3.63, 3.8) is 0 Å². The Hall–Kier alpha value is -1.62. The van der Waals surface area contributed by atoms with Gasteiger partial charge in [-0.3, -0.25) is 0 Å². The van der Waals surface area contributed by atoms with Crippen LogP contribution in [0.1, 0.15) is 31.2 Å². The van der Waals surface area contributed by atoms with Crippen molar-refractivity contribution in [2.75, 3.05) is 18.5 Å². The number of ether oxygens (including phenoxy) is 1. The van der Waals surface area contributed by atoms with Crippen LogP contribution in [0.25, 0.3) is 0 Å². The molecule has 1 heterocycles. The van der Waals surface area contributed by atoms with Crippen molar-refractivity contribution in [2.45, 2.75) is 26.7 Å². The first-order valence-corrected chi connectivity index (χ1v) is 7.20. The van der Waals surface area contributed by atoms with Crippen molar-refractivity contribution in [1.82, 2.24) is 9.36 Å². The Morgan fingerprint density at radius 1 is 1.32 bits per heavy atom. The molecule has 0 amide bonds. The lowest BCUT2D eigenvalue weighted by Crippen LogP contribution is -2.12. The zero-order valence-electron chi connectivity index (χ0n) is 11.5. The summed E-state index contributed by atoms with van der Waals surface area (Å²) < 4.78 is 9.94. The highest BCUT2D eigenvalue weighted by atomic mass is 32.1. The minimum atomic E-state index is 0.468. The molecule has 0 saturated carbocycles. The highest BCUT2D eigenvalue weighted by molar-refractivity contribution is 7.09. The van der Waals surface area contributed by atoms with Crippen LogP contribution in [0.15, 0.2) is 24.3 Å². The average Bonchev–Trinajstić information content (AvgIpc) is 2.81. The Labute approximate surface area is 118 Å². The van der Waals surface area contributed by atoms with Gasteiger partial charge in [0.15, 0.2) is 0 Å². The van der Waals surface area contributed by atoms with Crippen molar-refractivity contribution >= 4 is 16.7 Å². The third kappa shape index (κ3) is 3.92. The molecule has 0 radical (unpaired) electrons. The summed E-state index contributed by atoms with van der Waals surface area (Å²) in [6.07, 6.45) is 0. The molecule has 0 spiro atoms. The number of nitrogens with one attached hydrogen (secondary N) is 1. The summed E-state index contributed by atoms with van der Waals surface area (Å²) >= 11 is 1.38. The number of hydrogen-bond donors (Lipinski definition) is 1. The summed E-state index contributed by atoms with van der Waals surface area (Å²) in [6.45, 7) is 7.56. The average molecular weight is 277 g/mol. The van der Waals surface area contributed by atoms with Crippen LogP contribution in [-0.4, -0.2) is 22.5 Å². The number of benzene rings is 1. The van der Waals surface area contributed by atoms with Gasteiger partial charge in [-0.15, -0.1) is 0 Å². The summed E-state index contributed by atoms with van der Waals surface area (Å²) in [6, 6.07) is 8.18. The van der Waals surface area contributed by atoms with E-state index >= 15 is 0 Å². The van der Waals surface area contributed by atoms with E-state index in [9.17, 15) is 0 Å². The van der Waals surface area contributed by atoms with Crippen LogP contribution in [-0.2, 0) is 0 Å². The van der Waals surface area contributed by atoms with Crippen molar-refractivity contribution in [1.29, 1.82) is 0 Å². The van der Waals surface area contributed by atoms with Gasteiger partial charge in [-0.1, -0.05) is 32.0 Å². The Bertz CT molecular complexity index is 525. The molecule has 1 N–H and O–H groups in total. The molecule has 0 aliphatic carbocycles. The summed E-state index contributed by atoms with van der Waals surface area (Å²) in [5.41, 5.74) is 1.24. The quantitative estimate of drug-likeness (QED) is 0.821. The molecule has 0 fully saturated rings. The molecule has 1 aromatic carbocycles. The van der Waals surface area contributed by atoms with Crippen LogP contribution in [0, 0.1) is 6.92 Å². The second-order valence-corrected chi connectivity index (χ2v) is 5.37. The summed E-state index contributed by atoms with van der Waals surface area (Å²) in [7, 11) is 0. The maximum Gasteiger partial charge on any atom is 0.202 e. The van der Waals surface area contributed by atoms with Crippen molar-refractivity contribution in [3.8, 4) is 5.75 Å². The molecule has 19 heavy (non-hydrogen) atoms. The zero-order chi connectivity index (χ0) is 13.7. The normalized spacial score (nSPS) is 10.7. The first-order chi connectivity index (χ1) is 9.16. The van der Waals surface area contributed by atoms with E-state index in [1.165, 1.54) is 17.1 Å². The number of rotatable bonds is 6. The lowest BCUT2D eigenvalue weighted by atomic mass is 10.0. The van der Waals surface area contributed by atoms with Crippen LogP contribution >= 0.6 is 11.5 Å². The van der Waals surface area contributed by atoms with E-state index in [1.54, 1.807) is 0 Å². The third-order valence-corrected chi connectivity index (χ3v) is 3.47. The van der Waals surface area contributed by atoms with Crippen molar-refractivity contribution < 1.29 is 4.74 Å². The molecule has 2 rings (SSSR count). The topological polar surface area (TPSA) is 47.0 Å². The molecule has 1 aromatic heterocycles.